The van der Waals surface area contributed by atoms with Crippen molar-refractivity contribution in [2.24, 2.45) is 0 Å². The van der Waals surface area contributed by atoms with E-state index in [1.165, 1.54) is 0 Å². The minimum absolute atomic E-state index is 0.212. The Hall–Kier alpha value is -2.80. The summed E-state index contributed by atoms with van der Waals surface area (Å²) in [5.41, 5.74) is 2.00. The number of carbonyl (C=O) groups is 1. The Morgan fingerprint density at radius 1 is 1.32 bits per heavy atom. The number of aromatic nitrogens is 4. The van der Waals surface area contributed by atoms with Crippen molar-refractivity contribution >= 4 is 44.2 Å². The first-order valence-electron chi connectivity index (χ1n) is 8.03. The molecule has 0 radical (unpaired) electrons. The maximum atomic E-state index is 12.8. The summed E-state index contributed by atoms with van der Waals surface area (Å²) >= 11 is 1.62. The van der Waals surface area contributed by atoms with Crippen molar-refractivity contribution in [3.8, 4) is 0 Å². The molecule has 0 aromatic carbocycles. The molecule has 4 aromatic rings. The van der Waals surface area contributed by atoms with E-state index in [1.807, 2.05) is 35.2 Å². The third kappa shape index (κ3) is 2.66. The number of pyridine rings is 2. The number of aryl methyl sites for hydroxylation is 1. The first-order chi connectivity index (χ1) is 12.0. The Kier molecular flexibility index (Phi) is 3.73. The summed E-state index contributed by atoms with van der Waals surface area (Å²) in [7, 11) is 0. The SMILES string of the molecule is Cc1nc2c(cnn2C(C)C)cc1C(=O)Nc1nccc2sccc12. The Balaban J connectivity index is 1.72. The van der Waals surface area contributed by atoms with Gasteiger partial charge in [0.05, 0.1) is 17.5 Å². The summed E-state index contributed by atoms with van der Waals surface area (Å²) in [5, 5.41) is 11.1. The van der Waals surface area contributed by atoms with E-state index in [-0.39, 0.29) is 11.9 Å². The number of rotatable bonds is 3. The number of hydrogen-bond acceptors (Lipinski definition) is 5. The van der Waals surface area contributed by atoms with Gasteiger partial charge in [-0.15, -0.1) is 11.3 Å². The molecule has 0 saturated heterocycles. The van der Waals surface area contributed by atoms with Gasteiger partial charge in [-0.3, -0.25) is 4.79 Å². The highest BCUT2D eigenvalue weighted by molar-refractivity contribution is 7.17. The van der Waals surface area contributed by atoms with Gasteiger partial charge in [-0.2, -0.15) is 5.10 Å². The van der Waals surface area contributed by atoms with E-state index in [4.69, 9.17) is 0 Å². The first kappa shape index (κ1) is 15.7. The van der Waals surface area contributed by atoms with Crippen LogP contribution in [0.2, 0.25) is 0 Å². The van der Waals surface area contributed by atoms with Crippen LogP contribution in [0.4, 0.5) is 5.82 Å². The highest BCUT2D eigenvalue weighted by atomic mass is 32.1. The summed E-state index contributed by atoms with van der Waals surface area (Å²) < 4.78 is 2.95. The lowest BCUT2D eigenvalue weighted by Gasteiger charge is -2.10. The number of fused-ring (bicyclic) bond motifs is 2. The number of carbonyl (C=O) groups excluding carboxylic acids is 1. The summed E-state index contributed by atoms with van der Waals surface area (Å²) in [5.74, 6) is 0.358. The fourth-order valence-corrected chi connectivity index (χ4v) is 3.62. The van der Waals surface area contributed by atoms with Gasteiger partial charge in [0.15, 0.2) is 5.65 Å². The molecule has 6 nitrogen and oxygen atoms in total. The molecular weight excluding hydrogens is 334 g/mol. The molecule has 0 aliphatic rings. The van der Waals surface area contributed by atoms with E-state index in [1.54, 1.807) is 23.7 Å². The number of nitrogens with zero attached hydrogens (tertiary/aromatic N) is 4. The van der Waals surface area contributed by atoms with Crippen LogP contribution in [0.1, 0.15) is 35.9 Å². The molecule has 0 unspecified atom stereocenters. The average Bonchev–Trinajstić information content (AvgIpc) is 3.20. The lowest BCUT2D eigenvalue weighted by atomic mass is 10.1. The zero-order chi connectivity index (χ0) is 17.6. The van der Waals surface area contributed by atoms with Crippen molar-refractivity contribution in [2.45, 2.75) is 26.8 Å². The molecule has 4 heterocycles. The Morgan fingerprint density at radius 2 is 2.16 bits per heavy atom. The van der Waals surface area contributed by atoms with E-state index in [0.717, 1.165) is 21.1 Å². The number of thiophene rings is 1. The minimum Gasteiger partial charge on any atom is -0.306 e. The Labute approximate surface area is 148 Å². The third-order valence-corrected chi connectivity index (χ3v) is 4.99. The van der Waals surface area contributed by atoms with Crippen LogP contribution >= 0.6 is 11.3 Å². The molecule has 7 heteroatoms. The van der Waals surface area contributed by atoms with Gasteiger partial charge < -0.3 is 5.32 Å². The highest BCUT2D eigenvalue weighted by Gasteiger charge is 2.16. The van der Waals surface area contributed by atoms with Gasteiger partial charge in [0.2, 0.25) is 0 Å². The molecule has 25 heavy (non-hydrogen) atoms. The third-order valence-electron chi connectivity index (χ3n) is 4.11. The van der Waals surface area contributed by atoms with Gasteiger partial charge in [-0.25, -0.2) is 14.6 Å². The Bertz CT molecular complexity index is 1100. The molecule has 1 amide bonds. The quantitative estimate of drug-likeness (QED) is 0.601. The second kappa shape index (κ2) is 5.93. The predicted octanol–water partition coefficient (Wildman–Crippen LogP) is 4.18. The molecule has 4 rings (SSSR count). The van der Waals surface area contributed by atoms with Crippen LogP contribution in [0, 0.1) is 6.92 Å². The van der Waals surface area contributed by atoms with Crippen molar-refractivity contribution in [1.29, 1.82) is 0 Å². The van der Waals surface area contributed by atoms with Gasteiger partial charge in [-0.1, -0.05) is 0 Å². The lowest BCUT2D eigenvalue weighted by molar-refractivity contribution is 0.102. The summed E-state index contributed by atoms with van der Waals surface area (Å²) in [6.07, 6.45) is 3.45. The largest absolute Gasteiger partial charge is 0.306 e. The zero-order valence-corrected chi connectivity index (χ0v) is 15.0. The zero-order valence-electron chi connectivity index (χ0n) is 14.1. The van der Waals surface area contributed by atoms with E-state index in [2.05, 4.69) is 34.2 Å². The summed E-state index contributed by atoms with van der Waals surface area (Å²) in [4.78, 5) is 21.7. The van der Waals surface area contributed by atoms with Gasteiger partial charge in [-0.05, 0) is 44.4 Å². The normalized spacial score (nSPS) is 11.5. The van der Waals surface area contributed by atoms with Crippen molar-refractivity contribution in [1.82, 2.24) is 19.7 Å². The minimum atomic E-state index is -0.213. The number of anilines is 1. The van der Waals surface area contributed by atoms with Crippen molar-refractivity contribution in [2.75, 3.05) is 5.32 Å². The number of nitrogens with one attached hydrogen (secondary N) is 1. The first-order valence-corrected chi connectivity index (χ1v) is 8.91. The standard InChI is InChI=1S/C18H17N5OS/c1-10(2)23-17-12(9-20-23)8-14(11(3)21-17)18(24)22-16-13-5-7-25-15(13)4-6-19-16/h4-10H,1-3H3,(H,19,22,24). The molecule has 0 fully saturated rings. The van der Waals surface area contributed by atoms with Crippen LogP contribution in [0.3, 0.4) is 0 Å². The fourth-order valence-electron chi connectivity index (χ4n) is 2.84. The highest BCUT2D eigenvalue weighted by Crippen LogP contribution is 2.26. The molecule has 0 spiro atoms. The van der Waals surface area contributed by atoms with E-state index < -0.39 is 0 Å². The molecule has 0 aliphatic carbocycles. The van der Waals surface area contributed by atoms with Gasteiger partial charge in [0.25, 0.3) is 5.91 Å². The van der Waals surface area contributed by atoms with Crippen molar-refractivity contribution < 1.29 is 4.79 Å². The van der Waals surface area contributed by atoms with Crippen LogP contribution < -0.4 is 5.32 Å². The maximum absolute atomic E-state index is 12.8. The van der Waals surface area contributed by atoms with Crippen LogP contribution in [-0.2, 0) is 0 Å². The van der Waals surface area contributed by atoms with Crippen molar-refractivity contribution in [3.63, 3.8) is 0 Å². The molecule has 4 aromatic heterocycles. The molecule has 0 saturated carbocycles. The number of hydrogen-bond donors (Lipinski definition) is 1. The Morgan fingerprint density at radius 3 is 2.96 bits per heavy atom. The molecule has 0 aliphatic heterocycles. The smallest absolute Gasteiger partial charge is 0.258 e. The van der Waals surface area contributed by atoms with Gasteiger partial charge in [0, 0.05) is 27.7 Å². The maximum Gasteiger partial charge on any atom is 0.258 e. The average molecular weight is 351 g/mol. The van der Waals surface area contributed by atoms with E-state index >= 15 is 0 Å². The van der Waals surface area contributed by atoms with Crippen LogP contribution in [0.15, 0.2) is 36.0 Å². The topological polar surface area (TPSA) is 72.7 Å². The van der Waals surface area contributed by atoms with E-state index in [9.17, 15) is 4.79 Å². The fraction of sp³-hybridized carbons (Fsp3) is 0.222. The number of amides is 1. The van der Waals surface area contributed by atoms with Crippen LogP contribution in [0.5, 0.6) is 0 Å². The molecule has 0 atom stereocenters. The van der Waals surface area contributed by atoms with Crippen LogP contribution in [0.25, 0.3) is 21.1 Å². The molecule has 0 bridgehead atoms. The predicted molar refractivity (Wildman–Crippen MR) is 100 cm³/mol. The summed E-state index contributed by atoms with van der Waals surface area (Å²) in [6, 6.07) is 5.95. The molecule has 126 valence electrons. The molecular formula is C18H17N5OS. The monoisotopic (exact) mass is 351 g/mol. The van der Waals surface area contributed by atoms with Crippen LogP contribution in [-0.4, -0.2) is 25.7 Å². The summed E-state index contributed by atoms with van der Waals surface area (Å²) in [6.45, 7) is 5.94. The lowest BCUT2D eigenvalue weighted by Crippen LogP contribution is -2.15. The van der Waals surface area contributed by atoms with Crippen molar-refractivity contribution in [3.05, 3.63) is 47.2 Å². The second-order valence-corrected chi connectivity index (χ2v) is 7.11. The van der Waals surface area contributed by atoms with Gasteiger partial charge in [0.1, 0.15) is 5.82 Å². The van der Waals surface area contributed by atoms with E-state index in [0.29, 0.717) is 17.1 Å². The molecule has 1 N–H and O–H groups in total. The van der Waals surface area contributed by atoms with Gasteiger partial charge >= 0.3 is 0 Å². The second-order valence-electron chi connectivity index (χ2n) is 6.16.